The second-order valence-corrected chi connectivity index (χ2v) is 8.18. The number of aliphatic hydroxyl groups is 3. The lowest BCUT2D eigenvalue weighted by Crippen LogP contribution is -2.66. The maximum Gasteiger partial charge on any atom is 0.338 e. The van der Waals surface area contributed by atoms with Gasteiger partial charge in [0.05, 0.1) is 16.7 Å². The van der Waals surface area contributed by atoms with E-state index in [1.807, 2.05) is 0 Å². The van der Waals surface area contributed by atoms with Crippen LogP contribution in [0.1, 0.15) is 31.1 Å². The minimum atomic E-state index is -1.86. The molecule has 9 heteroatoms. The average molecular weight is 492 g/mol. The van der Waals surface area contributed by atoms with Crippen LogP contribution in [0.15, 0.2) is 91.0 Å². The largest absolute Gasteiger partial charge is 0.453 e. The molecule has 1 aliphatic rings. The summed E-state index contributed by atoms with van der Waals surface area (Å²) >= 11 is 0. The van der Waals surface area contributed by atoms with E-state index in [0.29, 0.717) is 0 Å². The summed E-state index contributed by atoms with van der Waals surface area (Å²) in [5, 5.41) is 32.6. The first-order chi connectivity index (χ1) is 17.4. The van der Waals surface area contributed by atoms with E-state index in [0.717, 1.165) is 0 Å². The first kappa shape index (κ1) is 25.1. The van der Waals surface area contributed by atoms with Gasteiger partial charge in [-0.3, -0.25) is 0 Å². The summed E-state index contributed by atoms with van der Waals surface area (Å²) < 4.78 is 16.1. The van der Waals surface area contributed by atoms with Crippen molar-refractivity contribution < 1.29 is 43.9 Å². The van der Waals surface area contributed by atoms with Gasteiger partial charge in [-0.1, -0.05) is 54.6 Å². The standard InChI is InChI=1S/C27H24O9/c28-19-20(29)23(35-26(32)17-12-6-2-7-13-17)24(36-27(33)18-14-8-3-9-15-18)21(30)22(19)34-25(31)16-10-4-1-5-11-16/h1-15,19-24,28-30H/t19-,20-,21-,22+,23-,24+/m1/s1. The van der Waals surface area contributed by atoms with Crippen LogP contribution in [0.3, 0.4) is 0 Å². The van der Waals surface area contributed by atoms with Gasteiger partial charge in [0, 0.05) is 0 Å². The molecule has 3 N–H and O–H groups in total. The lowest BCUT2D eigenvalue weighted by molar-refractivity contribution is -0.223. The molecule has 0 heterocycles. The van der Waals surface area contributed by atoms with Gasteiger partial charge in [-0.05, 0) is 36.4 Å². The molecule has 3 aromatic rings. The molecule has 0 radical (unpaired) electrons. The minimum Gasteiger partial charge on any atom is -0.453 e. The smallest absolute Gasteiger partial charge is 0.338 e. The molecular weight excluding hydrogens is 468 g/mol. The molecular formula is C27H24O9. The lowest BCUT2D eigenvalue weighted by atomic mass is 9.84. The molecule has 9 nitrogen and oxygen atoms in total. The maximum absolute atomic E-state index is 12.8. The van der Waals surface area contributed by atoms with Crippen molar-refractivity contribution in [2.45, 2.75) is 36.6 Å². The third-order valence-corrected chi connectivity index (χ3v) is 5.78. The van der Waals surface area contributed by atoms with Crippen LogP contribution in [0, 0.1) is 0 Å². The van der Waals surface area contributed by atoms with Gasteiger partial charge in [0.25, 0.3) is 0 Å². The van der Waals surface area contributed by atoms with Crippen LogP contribution in [0.25, 0.3) is 0 Å². The van der Waals surface area contributed by atoms with Crippen LogP contribution in [0.5, 0.6) is 0 Å². The third kappa shape index (κ3) is 5.44. The van der Waals surface area contributed by atoms with E-state index in [4.69, 9.17) is 14.2 Å². The average Bonchev–Trinajstić information content (AvgIpc) is 2.92. The summed E-state index contributed by atoms with van der Waals surface area (Å²) in [7, 11) is 0. The first-order valence-corrected chi connectivity index (χ1v) is 11.2. The fourth-order valence-corrected chi connectivity index (χ4v) is 3.88. The molecule has 6 atom stereocenters. The molecule has 0 amide bonds. The van der Waals surface area contributed by atoms with Gasteiger partial charge in [-0.2, -0.15) is 0 Å². The van der Waals surface area contributed by atoms with E-state index in [-0.39, 0.29) is 16.7 Å². The third-order valence-electron chi connectivity index (χ3n) is 5.78. The van der Waals surface area contributed by atoms with Crippen LogP contribution in [0.4, 0.5) is 0 Å². The number of hydrogen-bond acceptors (Lipinski definition) is 9. The number of aliphatic hydroxyl groups excluding tert-OH is 3. The minimum absolute atomic E-state index is 0.135. The van der Waals surface area contributed by atoms with E-state index < -0.39 is 54.5 Å². The fourth-order valence-electron chi connectivity index (χ4n) is 3.88. The predicted molar refractivity (Wildman–Crippen MR) is 125 cm³/mol. The molecule has 1 saturated carbocycles. The SMILES string of the molecule is O=C(O[C@H]1[C@H](O)[C@@H](O)[C@@H](OC(=O)c2ccccc2)[C@@H](OC(=O)c2ccccc2)[C@@H]1O)c1ccccc1. The molecule has 0 bridgehead atoms. The van der Waals surface area contributed by atoms with E-state index in [9.17, 15) is 29.7 Å². The van der Waals surface area contributed by atoms with Crippen molar-refractivity contribution in [3.8, 4) is 0 Å². The number of carbonyl (C=O) groups is 3. The van der Waals surface area contributed by atoms with Gasteiger partial charge in [0.15, 0.2) is 18.3 Å². The number of esters is 3. The van der Waals surface area contributed by atoms with Gasteiger partial charge in [-0.25, -0.2) is 14.4 Å². The zero-order valence-corrected chi connectivity index (χ0v) is 18.9. The Kier molecular flexibility index (Phi) is 7.74. The summed E-state index contributed by atoms with van der Waals surface area (Å²) in [6.45, 7) is 0. The van der Waals surface area contributed by atoms with Crippen LogP contribution in [-0.4, -0.2) is 69.9 Å². The Labute approximate surface area is 206 Å². The monoisotopic (exact) mass is 492 g/mol. The molecule has 0 aromatic heterocycles. The van der Waals surface area contributed by atoms with Crippen molar-refractivity contribution in [2.24, 2.45) is 0 Å². The van der Waals surface area contributed by atoms with E-state index >= 15 is 0 Å². The first-order valence-electron chi connectivity index (χ1n) is 11.2. The number of carbonyl (C=O) groups excluding carboxylic acids is 3. The molecule has 0 unspecified atom stereocenters. The molecule has 0 aliphatic heterocycles. The molecule has 4 rings (SSSR count). The number of hydrogen-bond donors (Lipinski definition) is 3. The number of benzene rings is 3. The molecule has 1 fully saturated rings. The van der Waals surface area contributed by atoms with Crippen molar-refractivity contribution >= 4 is 17.9 Å². The maximum atomic E-state index is 12.8. The van der Waals surface area contributed by atoms with Gasteiger partial charge >= 0.3 is 17.9 Å². The van der Waals surface area contributed by atoms with E-state index in [1.165, 1.54) is 36.4 Å². The van der Waals surface area contributed by atoms with Crippen LogP contribution < -0.4 is 0 Å². The van der Waals surface area contributed by atoms with Crippen LogP contribution >= 0.6 is 0 Å². The topological polar surface area (TPSA) is 140 Å². The predicted octanol–water partition coefficient (Wildman–Crippen LogP) is 1.76. The summed E-state index contributed by atoms with van der Waals surface area (Å²) in [4.78, 5) is 38.1. The second-order valence-electron chi connectivity index (χ2n) is 8.18. The molecule has 3 aromatic carbocycles. The Hall–Kier alpha value is -4.05. The van der Waals surface area contributed by atoms with Crippen molar-refractivity contribution in [3.05, 3.63) is 108 Å². The zero-order chi connectivity index (χ0) is 25.7. The highest BCUT2D eigenvalue weighted by molar-refractivity contribution is 5.91. The summed E-state index contributed by atoms with van der Waals surface area (Å²) in [5.41, 5.74) is 0.414. The Bertz CT molecular complexity index is 1180. The molecule has 36 heavy (non-hydrogen) atoms. The molecule has 186 valence electrons. The van der Waals surface area contributed by atoms with Gasteiger partial charge in [0.2, 0.25) is 0 Å². The Balaban J connectivity index is 1.61. The summed E-state index contributed by atoms with van der Waals surface area (Å²) in [6, 6.07) is 23.5. The molecule has 0 spiro atoms. The highest BCUT2D eigenvalue weighted by atomic mass is 16.6. The van der Waals surface area contributed by atoms with Crippen LogP contribution in [-0.2, 0) is 14.2 Å². The van der Waals surface area contributed by atoms with Gasteiger partial charge in [-0.15, -0.1) is 0 Å². The number of rotatable bonds is 6. The zero-order valence-electron chi connectivity index (χ0n) is 18.9. The molecule has 1 aliphatic carbocycles. The van der Waals surface area contributed by atoms with Crippen LogP contribution in [0.2, 0.25) is 0 Å². The van der Waals surface area contributed by atoms with Crippen molar-refractivity contribution in [1.29, 1.82) is 0 Å². The Morgan fingerprint density at radius 1 is 0.444 bits per heavy atom. The lowest BCUT2D eigenvalue weighted by Gasteiger charge is -2.43. The fraction of sp³-hybridized carbons (Fsp3) is 0.222. The van der Waals surface area contributed by atoms with E-state index in [1.54, 1.807) is 54.6 Å². The van der Waals surface area contributed by atoms with Crippen molar-refractivity contribution in [2.75, 3.05) is 0 Å². The summed E-state index contributed by atoms with van der Waals surface area (Å²) in [5.74, 6) is -2.63. The van der Waals surface area contributed by atoms with Gasteiger partial charge < -0.3 is 29.5 Å². The van der Waals surface area contributed by atoms with Crippen molar-refractivity contribution in [3.63, 3.8) is 0 Å². The second kappa shape index (κ2) is 11.1. The molecule has 0 saturated heterocycles. The highest BCUT2D eigenvalue weighted by Gasteiger charge is 2.55. The Morgan fingerprint density at radius 3 is 1.08 bits per heavy atom. The van der Waals surface area contributed by atoms with Gasteiger partial charge in [0.1, 0.15) is 18.3 Å². The Morgan fingerprint density at radius 2 is 0.722 bits per heavy atom. The van der Waals surface area contributed by atoms with E-state index in [2.05, 4.69) is 0 Å². The quantitative estimate of drug-likeness (QED) is 0.347. The highest BCUT2D eigenvalue weighted by Crippen LogP contribution is 2.30. The normalized spacial score (nSPS) is 25.4. The number of ether oxygens (including phenoxy) is 3. The summed E-state index contributed by atoms with van der Waals surface area (Å²) in [6.07, 6.45) is -10.6. The van der Waals surface area contributed by atoms with Crippen molar-refractivity contribution in [1.82, 2.24) is 0 Å².